The van der Waals surface area contributed by atoms with Crippen LogP contribution in [0.4, 0.5) is 5.69 Å². The zero-order valence-electron chi connectivity index (χ0n) is 15.9. The fraction of sp³-hybridized carbons (Fsp3) is 0.238. The van der Waals surface area contributed by atoms with Crippen LogP contribution in [0.2, 0.25) is 0 Å². The van der Waals surface area contributed by atoms with Crippen LogP contribution in [-0.2, 0) is 11.3 Å². The number of nitrogens with one attached hydrogen (secondary N) is 1. The lowest BCUT2D eigenvalue weighted by atomic mass is 10.1. The van der Waals surface area contributed by atoms with Crippen molar-refractivity contribution < 1.29 is 4.79 Å². The Morgan fingerprint density at radius 3 is 2.22 bits per heavy atom. The minimum absolute atomic E-state index is 0.188. The average Bonchev–Trinajstić information content (AvgIpc) is 2.60. The molecule has 0 saturated carbocycles. The number of benzene rings is 2. The largest absolute Gasteiger partial charge is 0.365 e. The first-order chi connectivity index (χ1) is 12.8. The number of aromatic nitrogens is 3. The van der Waals surface area contributed by atoms with Crippen LogP contribution in [0.15, 0.2) is 47.4 Å². The van der Waals surface area contributed by atoms with E-state index in [-0.39, 0.29) is 12.5 Å². The maximum absolute atomic E-state index is 12.4. The van der Waals surface area contributed by atoms with Gasteiger partial charge < -0.3 is 5.32 Å². The van der Waals surface area contributed by atoms with E-state index in [1.807, 2.05) is 64.1 Å². The summed E-state index contributed by atoms with van der Waals surface area (Å²) in [5.74, 6) is -0.315. The Bertz CT molecular complexity index is 1030. The number of amides is 1. The monoisotopic (exact) mass is 362 g/mol. The lowest BCUT2D eigenvalue weighted by Gasteiger charge is -2.13. The van der Waals surface area contributed by atoms with Gasteiger partial charge in [-0.2, -0.15) is 10.1 Å². The number of nitrogens with zero attached hydrogens (tertiary/aromatic N) is 3. The molecular weight excluding hydrogens is 340 g/mol. The molecular formula is C21H22N4O2. The molecule has 1 N–H and O–H groups in total. The van der Waals surface area contributed by atoms with Gasteiger partial charge in [0, 0.05) is 11.3 Å². The molecule has 0 aliphatic heterocycles. The average molecular weight is 362 g/mol. The van der Waals surface area contributed by atoms with E-state index < -0.39 is 5.69 Å². The van der Waals surface area contributed by atoms with Crippen molar-refractivity contribution in [3.05, 3.63) is 75.3 Å². The van der Waals surface area contributed by atoms with Gasteiger partial charge in [-0.1, -0.05) is 47.5 Å². The summed E-state index contributed by atoms with van der Waals surface area (Å²) in [7, 11) is 0. The zero-order valence-corrected chi connectivity index (χ0v) is 15.9. The first kappa shape index (κ1) is 18.5. The van der Waals surface area contributed by atoms with Gasteiger partial charge in [0.2, 0.25) is 5.91 Å². The van der Waals surface area contributed by atoms with Gasteiger partial charge in [-0.05, 0) is 38.8 Å². The normalized spacial score (nSPS) is 10.7. The molecule has 0 radical (unpaired) electrons. The van der Waals surface area contributed by atoms with E-state index in [0.717, 1.165) is 38.2 Å². The molecule has 3 aromatic rings. The van der Waals surface area contributed by atoms with Crippen LogP contribution in [0, 0.1) is 27.7 Å². The molecule has 1 heterocycles. The zero-order chi connectivity index (χ0) is 19.6. The van der Waals surface area contributed by atoms with Crippen molar-refractivity contribution in [1.29, 1.82) is 0 Å². The second kappa shape index (κ2) is 7.53. The van der Waals surface area contributed by atoms with Crippen LogP contribution in [0.25, 0.3) is 11.3 Å². The Balaban J connectivity index is 1.77. The summed E-state index contributed by atoms with van der Waals surface area (Å²) < 4.78 is 1.06. The van der Waals surface area contributed by atoms with Gasteiger partial charge in [0.25, 0.3) is 0 Å². The van der Waals surface area contributed by atoms with Gasteiger partial charge in [-0.3, -0.25) is 4.79 Å². The fourth-order valence-electron chi connectivity index (χ4n) is 3.03. The highest BCUT2D eigenvalue weighted by atomic mass is 16.2. The molecule has 138 valence electrons. The summed E-state index contributed by atoms with van der Waals surface area (Å²) in [5, 5.41) is 6.97. The lowest BCUT2D eigenvalue weighted by molar-refractivity contribution is -0.117. The summed E-state index contributed by atoms with van der Waals surface area (Å²) in [4.78, 5) is 28.7. The Labute approximate surface area is 157 Å². The molecule has 0 saturated heterocycles. The highest BCUT2D eigenvalue weighted by molar-refractivity contribution is 5.92. The third kappa shape index (κ3) is 4.28. The maximum Gasteiger partial charge on any atom is 0.365 e. The number of hydrogen-bond donors (Lipinski definition) is 1. The van der Waals surface area contributed by atoms with E-state index in [2.05, 4.69) is 15.4 Å². The van der Waals surface area contributed by atoms with E-state index in [9.17, 15) is 9.59 Å². The number of aryl methyl sites for hydroxylation is 4. The summed E-state index contributed by atoms with van der Waals surface area (Å²) in [6, 6.07) is 11.7. The fourth-order valence-corrected chi connectivity index (χ4v) is 3.03. The summed E-state index contributed by atoms with van der Waals surface area (Å²) >= 11 is 0. The van der Waals surface area contributed by atoms with Crippen molar-refractivity contribution in [1.82, 2.24) is 14.8 Å². The summed E-state index contributed by atoms with van der Waals surface area (Å²) in [6.07, 6.45) is 1.50. The molecule has 0 fully saturated rings. The van der Waals surface area contributed by atoms with E-state index in [4.69, 9.17) is 0 Å². The van der Waals surface area contributed by atoms with E-state index in [1.165, 1.54) is 6.20 Å². The van der Waals surface area contributed by atoms with Gasteiger partial charge in [-0.15, -0.1) is 0 Å². The van der Waals surface area contributed by atoms with Crippen molar-refractivity contribution >= 4 is 11.6 Å². The molecule has 6 heteroatoms. The third-order valence-electron chi connectivity index (χ3n) is 4.34. The molecule has 0 unspecified atom stereocenters. The molecule has 1 amide bonds. The van der Waals surface area contributed by atoms with Crippen LogP contribution in [0.1, 0.15) is 22.3 Å². The second-order valence-electron chi connectivity index (χ2n) is 6.77. The first-order valence-corrected chi connectivity index (χ1v) is 8.72. The molecule has 3 rings (SSSR count). The number of anilines is 1. The molecule has 0 aliphatic carbocycles. The lowest BCUT2D eigenvalue weighted by Crippen LogP contribution is -2.31. The molecule has 0 bridgehead atoms. The summed E-state index contributed by atoms with van der Waals surface area (Å²) in [6.45, 7) is 7.70. The van der Waals surface area contributed by atoms with Crippen molar-refractivity contribution in [3.63, 3.8) is 0 Å². The Hall–Kier alpha value is -3.28. The molecule has 2 aromatic carbocycles. The number of carbonyl (C=O) groups is 1. The molecule has 6 nitrogen and oxygen atoms in total. The Kier molecular flexibility index (Phi) is 5.16. The van der Waals surface area contributed by atoms with Gasteiger partial charge >= 0.3 is 5.69 Å². The van der Waals surface area contributed by atoms with E-state index in [0.29, 0.717) is 5.69 Å². The van der Waals surface area contributed by atoms with E-state index in [1.54, 1.807) is 0 Å². The standard InChI is InChI=1S/C21H22N4O2/c1-13-5-7-17(8-6-13)18-11-22-25(21(27)23-18)12-19(26)24-20-15(3)9-14(2)10-16(20)4/h5-11H,12H2,1-4H3,(H,24,26). The highest BCUT2D eigenvalue weighted by Crippen LogP contribution is 2.21. The van der Waals surface area contributed by atoms with Crippen LogP contribution >= 0.6 is 0 Å². The SMILES string of the molecule is Cc1ccc(-c2cnn(CC(=O)Nc3c(C)cc(C)cc3C)c(=O)n2)cc1. The van der Waals surface area contributed by atoms with Gasteiger partial charge in [-0.25, -0.2) is 9.48 Å². The van der Waals surface area contributed by atoms with Crippen molar-refractivity contribution in [2.75, 3.05) is 5.32 Å². The third-order valence-corrected chi connectivity index (χ3v) is 4.34. The quantitative estimate of drug-likeness (QED) is 0.773. The highest BCUT2D eigenvalue weighted by Gasteiger charge is 2.11. The van der Waals surface area contributed by atoms with Crippen LogP contribution in [-0.4, -0.2) is 20.7 Å². The molecule has 0 atom stereocenters. The minimum Gasteiger partial charge on any atom is -0.324 e. The molecule has 27 heavy (non-hydrogen) atoms. The number of hydrogen-bond acceptors (Lipinski definition) is 4. The van der Waals surface area contributed by atoms with E-state index >= 15 is 0 Å². The summed E-state index contributed by atoms with van der Waals surface area (Å²) in [5.41, 5.74) is 5.73. The predicted octanol–water partition coefficient (Wildman–Crippen LogP) is 3.18. The van der Waals surface area contributed by atoms with Gasteiger partial charge in [0.15, 0.2) is 0 Å². The van der Waals surface area contributed by atoms with Gasteiger partial charge in [0.05, 0.1) is 11.9 Å². The van der Waals surface area contributed by atoms with Crippen molar-refractivity contribution in [3.8, 4) is 11.3 Å². The van der Waals surface area contributed by atoms with Crippen LogP contribution in [0.5, 0.6) is 0 Å². The predicted molar refractivity (Wildman–Crippen MR) is 106 cm³/mol. The molecule has 0 spiro atoms. The smallest absolute Gasteiger partial charge is 0.324 e. The van der Waals surface area contributed by atoms with Crippen LogP contribution in [0.3, 0.4) is 0 Å². The topological polar surface area (TPSA) is 76.9 Å². The van der Waals surface area contributed by atoms with Crippen LogP contribution < -0.4 is 11.0 Å². The minimum atomic E-state index is -0.555. The molecule has 0 aliphatic rings. The van der Waals surface area contributed by atoms with Crippen molar-refractivity contribution in [2.45, 2.75) is 34.2 Å². The molecule has 1 aromatic heterocycles. The van der Waals surface area contributed by atoms with Crippen molar-refractivity contribution in [2.24, 2.45) is 0 Å². The number of carbonyl (C=O) groups excluding carboxylic acids is 1. The maximum atomic E-state index is 12.4. The van der Waals surface area contributed by atoms with Gasteiger partial charge in [0.1, 0.15) is 6.54 Å². The Morgan fingerprint density at radius 1 is 1.00 bits per heavy atom. The number of rotatable bonds is 4. The second-order valence-corrected chi connectivity index (χ2v) is 6.77. The first-order valence-electron chi connectivity index (χ1n) is 8.72. The Morgan fingerprint density at radius 2 is 1.63 bits per heavy atom.